The summed E-state index contributed by atoms with van der Waals surface area (Å²) in [6, 6.07) is 3.82. The predicted molar refractivity (Wildman–Crippen MR) is 73.5 cm³/mol. The van der Waals surface area contributed by atoms with E-state index < -0.39 is 22.2 Å². The molecule has 3 unspecified atom stereocenters. The number of sulfonamides is 1. The van der Waals surface area contributed by atoms with E-state index in [4.69, 9.17) is 4.74 Å². The van der Waals surface area contributed by atoms with Crippen molar-refractivity contribution in [2.75, 3.05) is 19.4 Å². The Kier molecular flexibility index (Phi) is 4.93. The maximum absolute atomic E-state index is 11.0. The number of nitrogens with one attached hydrogen (secondary N) is 2. The summed E-state index contributed by atoms with van der Waals surface area (Å²) in [4.78, 5) is 1.19. The smallest absolute Gasteiger partial charge is 0.208 e. The molecule has 1 saturated heterocycles. The number of hydrogen-bond donors (Lipinski definition) is 3. The van der Waals surface area contributed by atoms with Gasteiger partial charge in [0.1, 0.15) is 0 Å². The number of hydrogen-bond acceptors (Lipinski definition) is 6. The lowest BCUT2D eigenvalue weighted by molar-refractivity contribution is 0.0444. The van der Waals surface area contributed by atoms with E-state index in [1.165, 1.54) is 4.88 Å². The van der Waals surface area contributed by atoms with Gasteiger partial charge in [-0.1, -0.05) is 6.07 Å². The highest BCUT2D eigenvalue weighted by Gasteiger charge is 2.35. The zero-order valence-corrected chi connectivity index (χ0v) is 12.2. The van der Waals surface area contributed by atoms with Crippen molar-refractivity contribution in [3.63, 3.8) is 0 Å². The molecular weight excluding hydrogens is 288 g/mol. The van der Waals surface area contributed by atoms with Crippen LogP contribution >= 0.6 is 11.3 Å². The third-order valence-electron chi connectivity index (χ3n) is 2.95. The van der Waals surface area contributed by atoms with Crippen LogP contribution in [-0.2, 0) is 21.3 Å². The first-order valence-electron chi connectivity index (χ1n) is 5.96. The molecule has 6 nitrogen and oxygen atoms in total. The SMILES string of the molecule is CS(=O)(=O)NCC1OCC(NCc2cccs2)C1O. The third kappa shape index (κ3) is 4.51. The van der Waals surface area contributed by atoms with Gasteiger partial charge in [0.2, 0.25) is 10.0 Å². The van der Waals surface area contributed by atoms with Gasteiger partial charge in [0.05, 0.1) is 31.1 Å². The van der Waals surface area contributed by atoms with Gasteiger partial charge in [-0.2, -0.15) is 0 Å². The molecule has 0 saturated carbocycles. The number of thiophene rings is 1. The molecule has 1 aliphatic rings. The molecule has 2 rings (SSSR count). The molecule has 8 heteroatoms. The zero-order chi connectivity index (χ0) is 13.9. The Bertz CT molecular complexity index is 489. The van der Waals surface area contributed by atoms with E-state index >= 15 is 0 Å². The van der Waals surface area contributed by atoms with Crippen LogP contribution in [-0.4, -0.2) is 51.2 Å². The minimum atomic E-state index is -3.26. The van der Waals surface area contributed by atoms with Gasteiger partial charge in [0, 0.05) is 18.0 Å². The average Bonchev–Trinajstić information content (AvgIpc) is 2.93. The summed E-state index contributed by atoms with van der Waals surface area (Å²) in [6.45, 7) is 1.15. The second-order valence-electron chi connectivity index (χ2n) is 4.55. The Balaban J connectivity index is 1.79. The number of rotatable bonds is 6. The van der Waals surface area contributed by atoms with Crippen molar-refractivity contribution in [3.8, 4) is 0 Å². The first-order chi connectivity index (χ1) is 8.96. The summed E-state index contributed by atoms with van der Waals surface area (Å²) in [7, 11) is -3.26. The van der Waals surface area contributed by atoms with Crippen molar-refractivity contribution >= 4 is 21.4 Å². The van der Waals surface area contributed by atoms with Crippen molar-refractivity contribution < 1.29 is 18.3 Å². The zero-order valence-electron chi connectivity index (χ0n) is 10.6. The highest BCUT2D eigenvalue weighted by molar-refractivity contribution is 7.88. The molecule has 1 fully saturated rings. The van der Waals surface area contributed by atoms with Crippen LogP contribution in [0.4, 0.5) is 0 Å². The summed E-state index contributed by atoms with van der Waals surface area (Å²) >= 11 is 1.65. The van der Waals surface area contributed by atoms with E-state index in [1.54, 1.807) is 11.3 Å². The maximum atomic E-state index is 11.0. The van der Waals surface area contributed by atoms with E-state index in [1.807, 2.05) is 17.5 Å². The highest BCUT2D eigenvalue weighted by Crippen LogP contribution is 2.15. The quantitative estimate of drug-likeness (QED) is 0.660. The van der Waals surface area contributed by atoms with Crippen molar-refractivity contribution in [3.05, 3.63) is 22.4 Å². The molecule has 3 N–H and O–H groups in total. The predicted octanol–water partition coefficient (Wildman–Crippen LogP) is -0.485. The molecule has 1 aliphatic heterocycles. The minimum absolute atomic E-state index is 0.0944. The molecule has 0 bridgehead atoms. The standard InChI is InChI=1S/C11H18N2O4S2/c1-19(15,16)13-6-10-11(14)9(7-17-10)12-5-8-3-2-4-18-8/h2-4,9-14H,5-7H2,1H3. The number of aliphatic hydroxyl groups excluding tert-OH is 1. The molecule has 0 aliphatic carbocycles. The first kappa shape index (κ1) is 14.9. The van der Waals surface area contributed by atoms with Crippen LogP contribution in [0, 0.1) is 0 Å². The van der Waals surface area contributed by atoms with Crippen LogP contribution in [0.15, 0.2) is 17.5 Å². The van der Waals surface area contributed by atoms with Crippen molar-refractivity contribution in [2.45, 2.75) is 24.8 Å². The van der Waals surface area contributed by atoms with E-state index in [0.29, 0.717) is 13.2 Å². The summed E-state index contributed by atoms with van der Waals surface area (Å²) in [6.07, 6.45) is -0.134. The maximum Gasteiger partial charge on any atom is 0.208 e. The molecule has 0 spiro atoms. The van der Waals surface area contributed by atoms with Crippen LogP contribution in [0.25, 0.3) is 0 Å². The van der Waals surface area contributed by atoms with Gasteiger partial charge in [-0.15, -0.1) is 11.3 Å². The largest absolute Gasteiger partial charge is 0.389 e. The molecule has 1 aromatic heterocycles. The molecule has 0 radical (unpaired) electrons. The van der Waals surface area contributed by atoms with E-state index in [2.05, 4.69) is 10.0 Å². The highest BCUT2D eigenvalue weighted by atomic mass is 32.2. The Morgan fingerprint density at radius 1 is 1.58 bits per heavy atom. The monoisotopic (exact) mass is 306 g/mol. The van der Waals surface area contributed by atoms with Crippen molar-refractivity contribution in [2.24, 2.45) is 0 Å². The molecule has 19 heavy (non-hydrogen) atoms. The lowest BCUT2D eigenvalue weighted by Crippen LogP contribution is -2.44. The topological polar surface area (TPSA) is 87.7 Å². The molecule has 108 valence electrons. The van der Waals surface area contributed by atoms with E-state index in [9.17, 15) is 13.5 Å². The molecule has 3 atom stereocenters. The summed E-state index contributed by atoms with van der Waals surface area (Å²) in [5.74, 6) is 0. The minimum Gasteiger partial charge on any atom is -0.389 e. The molecule has 1 aromatic rings. The van der Waals surface area contributed by atoms with Gasteiger partial charge in [0.15, 0.2) is 0 Å². The molecular formula is C11H18N2O4S2. The van der Waals surface area contributed by atoms with Gasteiger partial charge in [0.25, 0.3) is 0 Å². The van der Waals surface area contributed by atoms with Crippen LogP contribution in [0.3, 0.4) is 0 Å². The van der Waals surface area contributed by atoms with Crippen LogP contribution in [0.2, 0.25) is 0 Å². The average molecular weight is 306 g/mol. The van der Waals surface area contributed by atoms with Gasteiger partial charge >= 0.3 is 0 Å². The lowest BCUT2D eigenvalue weighted by Gasteiger charge is -2.18. The second kappa shape index (κ2) is 6.29. The van der Waals surface area contributed by atoms with Gasteiger partial charge in [-0.05, 0) is 11.4 Å². The fraction of sp³-hybridized carbons (Fsp3) is 0.636. The summed E-state index contributed by atoms with van der Waals surface area (Å²) in [5.41, 5.74) is 0. The molecule has 0 aromatic carbocycles. The van der Waals surface area contributed by atoms with Gasteiger partial charge in [-0.25, -0.2) is 13.1 Å². The number of aliphatic hydroxyl groups is 1. The second-order valence-corrected chi connectivity index (χ2v) is 7.42. The first-order valence-corrected chi connectivity index (χ1v) is 8.73. The van der Waals surface area contributed by atoms with Crippen LogP contribution in [0.5, 0.6) is 0 Å². The Labute approximate surface area is 116 Å². The fourth-order valence-electron chi connectivity index (χ4n) is 1.92. The van der Waals surface area contributed by atoms with Crippen LogP contribution < -0.4 is 10.0 Å². The normalized spacial score (nSPS) is 27.8. The lowest BCUT2D eigenvalue weighted by atomic mass is 10.1. The van der Waals surface area contributed by atoms with Crippen LogP contribution in [0.1, 0.15) is 4.88 Å². The summed E-state index contributed by atoms with van der Waals surface area (Å²) in [5, 5.41) is 15.3. The van der Waals surface area contributed by atoms with Gasteiger partial charge in [-0.3, -0.25) is 0 Å². The number of ether oxygens (including phenoxy) is 1. The molecule has 0 amide bonds. The third-order valence-corrected chi connectivity index (χ3v) is 4.52. The van der Waals surface area contributed by atoms with E-state index in [0.717, 1.165) is 6.26 Å². The van der Waals surface area contributed by atoms with E-state index in [-0.39, 0.29) is 12.6 Å². The van der Waals surface area contributed by atoms with Crippen molar-refractivity contribution in [1.82, 2.24) is 10.0 Å². The fourth-order valence-corrected chi connectivity index (χ4v) is 3.04. The Hall–Kier alpha value is -0.510. The molecule has 2 heterocycles. The Morgan fingerprint density at radius 3 is 3.00 bits per heavy atom. The Morgan fingerprint density at radius 2 is 2.37 bits per heavy atom. The van der Waals surface area contributed by atoms with Gasteiger partial charge < -0.3 is 15.2 Å². The van der Waals surface area contributed by atoms with Crippen molar-refractivity contribution in [1.29, 1.82) is 0 Å². The summed E-state index contributed by atoms with van der Waals surface area (Å²) < 4.78 is 29.7.